The number of likely N-dealkylation sites (tertiary alicyclic amines) is 2. The van der Waals surface area contributed by atoms with Crippen molar-refractivity contribution in [2.45, 2.75) is 36.6 Å². The van der Waals surface area contributed by atoms with Gasteiger partial charge in [-0.15, -0.1) is 11.8 Å². The van der Waals surface area contributed by atoms with Crippen LogP contribution in [-0.4, -0.2) is 75.4 Å². The van der Waals surface area contributed by atoms with Gasteiger partial charge in [0.2, 0.25) is 4.87 Å². The number of nitrogens with zero attached hydrogens (tertiary/aromatic N) is 4. The van der Waals surface area contributed by atoms with Crippen LogP contribution in [-0.2, 0) is 9.59 Å². The van der Waals surface area contributed by atoms with E-state index >= 15 is 0 Å². The van der Waals surface area contributed by atoms with E-state index in [1.54, 1.807) is 4.90 Å². The number of primary amides is 1. The van der Waals surface area contributed by atoms with Crippen molar-refractivity contribution in [3.63, 3.8) is 0 Å². The van der Waals surface area contributed by atoms with E-state index in [1.807, 2.05) is 0 Å². The highest BCUT2D eigenvalue weighted by Gasteiger charge is 2.60. The summed E-state index contributed by atoms with van der Waals surface area (Å²) in [7, 11) is 0. The lowest BCUT2D eigenvalue weighted by Gasteiger charge is -2.39. The van der Waals surface area contributed by atoms with Gasteiger partial charge in [0, 0.05) is 31.9 Å². The standard InChI is InChI=1S/C15H21N5O3S/c16-10-11-4-3-7-19(11)13(22)15(12(21)18-5-1-2-6-18)20(14(17)23)8-9-24-15/h11H,1-9H2,(H2,17,23). The molecule has 0 aliphatic carbocycles. The van der Waals surface area contributed by atoms with Crippen LogP contribution in [0.15, 0.2) is 0 Å². The Bertz CT molecular complexity index is 600. The molecule has 3 aliphatic heterocycles. The molecule has 8 nitrogen and oxygen atoms in total. The van der Waals surface area contributed by atoms with Crippen LogP contribution in [0.25, 0.3) is 0 Å². The monoisotopic (exact) mass is 351 g/mol. The Balaban J connectivity index is 1.98. The van der Waals surface area contributed by atoms with E-state index in [0.29, 0.717) is 31.8 Å². The Kier molecular flexibility index (Phi) is 4.58. The van der Waals surface area contributed by atoms with Crippen LogP contribution in [0.5, 0.6) is 0 Å². The molecule has 24 heavy (non-hydrogen) atoms. The number of hydrogen-bond donors (Lipinski definition) is 1. The van der Waals surface area contributed by atoms with Crippen molar-refractivity contribution < 1.29 is 14.4 Å². The van der Waals surface area contributed by atoms with E-state index in [1.165, 1.54) is 9.80 Å². The molecule has 4 amide bonds. The molecular weight excluding hydrogens is 330 g/mol. The highest BCUT2D eigenvalue weighted by Crippen LogP contribution is 2.41. The van der Waals surface area contributed by atoms with Crippen LogP contribution in [0.4, 0.5) is 4.79 Å². The molecule has 3 saturated heterocycles. The molecule has 2 atom stereocenters. The lowest BCUT2D eigenvalue weighted by atomic mass is 10.1. The molecular formula is C15H21N5O3S. The number of carbonyl (C=O) groups excluding carboxylic acids is 3. The molecule has 9 heteroatoms. The Morgan fingerprint density at radius 1 is 1.08 bits per heavy atom. The zero-order valence-electron chi connectivity index (χ0n) is 13.4. The summed E-state index contributed by atoms with van der Waals surface area (Å²) in [5, 5.41) is 9.29. The second-order valence-corrected chi connectivity index (χ2v) is 7.56. The van der Waals surface area contributed by atoms with Crippen molar-refractivity contribution in [1.82, 2.24) is 14.7 Å². The van der Waals surface area contributed by atoms with E-state index in [9.17, 15) is 19.6 Å². The number of nitriles is 1. The van der Waals surface area contributed by atoms with E-state index in [4.69, 9.17) is 5.73 Å². The number of amides is 4. The van der Waals surface area contributed by atoms with Crippen LogP contribution >= 0.6 is 11.8 Å². The molecule has 0 bridgehead atoms. The summed E-state index contributed by atoms with van der Waals surface area (Å²) in [6, 6.07) is 0.810. The lowest BCUT2D eigenvalue weighted by Crippen LogP contribution is -2.65. The second-order valence-electron chi connectivity index (χ2n) is 6.27. The smallest absolute Gasteiger partial charge is 0.316 e. The molecule has 0 aromatic heterocycles. The third-order valence-corrected chi connectivity index (χ3v) is 6.28. The predicted molar refractivity (Wildman–Crippen MR) is 87.6 cm³/mol. The topological polar surface area (TPSA) is 111 Å². The number of rotatable bonds is 2. The molecule has 3 heterocycles. The number of hydrogen-bond acceptors (Lipinski definition) is 5. The van der Waals surface area contributed by atoms with Crippen LogP contribution in [0, 0.1) is 11.3 Å². The third kappa shape index (κ3) is 2.49. The maximum atomic E-state index is 13.3. The highest BCUT2D eigenvalue weighted by molar-refractivity contribution is 8.02. The highest BCUT2D eigenvalue weighted by atomic mass is 32.2. The van der Waals surface area contributed by atoms with E-state index in [0.717, 1.165) is 31.0 Å². The fraction of sp³-hybridized carbons (Fsp3) is 0.733. The van der Waals surface area contributed by atoms with Gasteiger partial charge in [-0.2, -0.15) is 5.26 Å². The van der Waals surface area contributed by atoms with Crippen molar-refractivity contribution >= 4 is 29.6 Å². The molecule has 0 aromatic carbocycles. The van der Waals surface area contributed by atoms with Crippen molar-refractivity contribution in [3.05, 3.63) is 0 Å². The summed E-state index contributed by atoms with van der Waals surface area (Å²) in [6.45, 7) is 1.86. The molecule has 0 saturated carbocycles. The maximum absolute atomic E-state index is 13.3. The summed E-state index contributed by atoms with van der Waals surface area (Å²) < 4.78 is 0. The fourth-order valence-electron chi connectivity index (χ4n) is 3.70. The van der Waals surface area contributed by atoms with Crippen LogP contribution < -0.4 is 5.73 Å². The predicted octanol–water partition coefficient (Wildman–Crippen LogP) is -0.0528. The quantitative estimate of drug-likeness (QED) is 0.701. The second kappa shape index (κ2) is 6.51. The fourth-order valence-corrected chi connectivity index (χ4v) is 5.10. The average Bonchev–Trinajstić information content (AvgIpc) is 3.33. The van der Waals surface area contributed by atoms with Crippen molar-refractivity contribution in [2.24, 2.45) is 5.73 Å². The average molecular weight is 351 g/mol. The minimum Gasteiger partial charge on any atom is -0.351 e. The summed E-state index contributed by atoms with van der Waals surface area (Å²) in [5.74, 6) is -0.362. The molecule has 0 spiro atoms. The zero-order valence-corrected chi connectivity index (χ0v) is 14.3. The molecule has 2 unspecified atom stereocenters. The van der Waals surface area contributed by atoms with Crippen molar-refractivity contribution in [2.75, 3.05) is 31.9 Å². The normalized spacial score (nSPS) is 29.8. The number of carbonyl (C=O) groups is 3. The van der Waals surface area contributed by atoms with E-state index in [-0.39, 0.29) is 12.5 Å². The molecule has 130 valence electrons. The summed E-state index contributed by atoms with van der Waals surface area (Å²) >= 11 is 1.16. The van der Waals surface area contributed by atoms with Crippen LogP contribution in [0.2, 0.25) is 0 Å². The van der Waals surface area contributed by atoms with Gasteiger partial charge in [-0.05, 0) is 25.7 Å². The summed E-state index contributed by atoms with van der Waals surface area (Å²) in [6.07, 6.45) is 3.10. The first-order valence-electron chi connectivity index (χ1n) is 8.23. The Labute approximate surface area is 144 Å². The molecule has 0 aromatic rings. The third-order valence-electron chi connectivity index (χ3n) is 4.91. The van der Waals surface area contributed by atoms with Gasteiger partial charge in [-0.1, -0.05) is 0 Å². The van der Waals surface area contributed by atoms with Gasteiger partial charge in [0.25, 0.3) is 11.8 Å². The Morgan fingerprint density at radius 2 is 1.79 bits per heavy atom. The van der Waals surface area contributed by atoms with Gasteiger partial charge >= 0.3 is 6.03 Å². The minimum atomic E-state index is -1.64. The molecule has 2 N–H and O–H groups in total. The van der Waals surface area contributed by atoms with Crippen molar-refractivity contribution in [1.29, 1.82) is 5.26 Å². The lowest BCUT2D eigenvalue weighted by molar-refractivity contribution is -0.149. The summed E-state index contributed by atoms with van der Waals surface area (Å²) in [5.41, 5.74) is 5.48. The van der Waals surface area contributed by atoms with E-state index in [2.05, 4.69) is 6.07 Å². The maximum Gasteiger partial charge on any atom is 0.316 e. The van der Waals surface area contributed by atoms with Gasteiger partial charge in [-0.25, -0.2) is 4.79 Å². The first-order chi connectivity index (χ1) is 11.5. The van der Waals surface area contributed by atoms with Gasteiger partial charge < -0.3 is 15.5 Å². The largest absolute Gasteiger partial charge is 0.351 e. The Morgan fingerprint density at radius 3 is 2.42 bits per heavy atom. The zero-order chi connectivity index (χ0) is 17.3. The number of urea groups is 1. The van der Waals surface area contributed by atoms with Crippen LogP contribution in [0.3, 0.4) is 0 Å². The van der Waals surface area contributed by atoms with Gasteiger partial charge in [-0.3, -0.25) is 14.5 Å². The first kappa shape index (κ1) is 16.9. The first-order valence-corrected chi connectivity index (χ1v) is 9.22. The molecule has 0 radical (unpaired) electrons. The Hall–Kier alpha value is -1.95. The number of thioether (sulfide) groups is 1. The molecule has 3 aliphatic rings. The van der Waals surface area contributed by atoms with E-state index < -0.39 is 22.9 Å². The van der Waals surface area contributed by atoms with Gasteiger partial charge in [0.05, 0.1) is 6.07 Å². The van der Waals surface area contributed by atoms with Gasteiger partial charge in [0.1, 0.15) is 6.04 Å². The van der Waals surface area contributed by atoms with Gasteiger partial charge in [0.15, 0.2) is 0 Å². The van der Waals surface area contributed by atoms with Crippen molar-refractivity contribution in [3.8, 4) is 6.07 Å². The molecule has 3 fully saturated rings. The summed E-state index contributed by atoms with van der Waals surface area (Å²) in [4.78, 5) is 41.1. The molecule has 3 rings (SSSR count). The minimum absolute atomic E-state index is 0.260. The van der Waals surface area contributed by atoms with Crippen LogP contribution in [0.1, 0.15) is 25.7 Å². The number of nitrogens with two attached hydrogens (primary N) is 1. The SMILES string of the molecule is N#CC1CCCN1C(=O)C1(C(=O)N2CCCC2)SCCN1C(N)=O.